The number of nitrogens with zero attached hydrogens (tertiary/aromatic N) is 2. The fourth-order valence-corrected chi connectivity index (χ4v) is 0.813. The van der Waals surface area contributed by atoms with Gasteiger partial charge in [-0.05, 0) is 0 Å². The van der Waals surface area contributed by atoms with Crippen LogP contribution in [-0.4, -0.2) is 21.2 Å². The number of carboxylic acids is 1. The maximum absolute atomic E-state index is 10.2. The Hall–Kier alpha value is -1.65. The Morgan fingerprint density at radius 1 is 1.69 bits per heavy atom. The summed E-state index contributed by atoms with van der Waals surface area (Å²) in [7, 11) is 0. The van der Waals surface area contributed by atoms with Crippen molar-refractivity contribution in [2.24, 2.45) is 0 Å². The van der Waals surface area contributed by atoms with Gasteiger partial charge in [-0.3, -0.25) is 0 Å². The molecule has 70 valence electrons. The third kappa shape index (κ3) is 2.70. The minimum Gasteiger partial charge on any atom is -0.478 e. The second-order valence-electron chi connectivity index (χ2n) is 2.66. The summed E-state index contributed by atoms with van der Waals surface area (Å²) in [6.45, 7) is 3.48. The van der Waals surface area contributed by atoms with Gasteiger partial charge in [-0.1, -0.05) is 18.2 Å². The van der Waals surface area contributed by atoms with Crippen molar-refractivity contribution in [3.05, 3.63) is 23.9 Å². The summed E-state index contributed by atoms with van der Waals surface area (Å²) in [4.78, 5) is 14.2. The van der Waals surface area contributed by atoms with Gasteiger partial charge < -0.3 is 9.63 Å². The summed E-state index contributed by atoms with van der Waals surface area (Å²) in [6.07, 6.45) is 2.57. The first-order chi connectivity index (χ1) is 6.09. The van der Waals surface area contributed by atoms with Gasteiger partial charge in [-0.2, -0.15) is 4.98 Å². The third-order valence-corrected chi connectivity index (χ3v) is 1.48. The van der Waals surface area contributed by atoms with Gasteiger partial charge in [0.15, 0.2) is 5.82 Å². The molecule has 1 unspecified atom stereocenters. The Kier molecular flexibility index (Phi) is 2.79. The zero-order chi connectivity index (χ0) is 9.84. The first-order valence-corrected chi connectivity index (χ1v) is 3.81. The van der Waals surface area contributed by atoms with Crippen molar-refractivity contribution in [1.29, 1.82) is 0 Å². The number of hydrogen-bond donors (Lipinski definition) is 1. The van der Waals surface area contributed by atoms with Crippen molar-refractivity contribution in [3.8, 4) is 0 Å². The number of aliphatic carboxylic acids is 1. The molecule has 0 aliphatic rings. The number of carboxylic acid groups (broad SMARTS) is 1. The van der Waals surface area contributed by atoms with Crippen LogP contribution in [0.4, 0.5) is 0 Å². The predicted octanol–water partition coefficient (Wildman–Crippen LogP) is 1.12. The predicted molar refractivity (Wildman–Crippen MR) is 44.2 cm³/mol. The van der Waals surface area contributed by atoms with E-state index in [9.17, 15) is 4.79 Å². The lowest BCUT2D eigenvalue weighted by Gasteiger charge is -1.95. The molecule has 1 rings (SSSR count). The quantitative estimate of drug-likeness (QED) is 0.709. The van der Waals surface area contributed by atoms with E-state index in [2.05, 4.69) is 10.1 Å². The molecule has 0 fully saturated rings. The molecule has 0 bridgehead atoms. The average molecular weight is 182 g/mol. The second kappa shape index (κ2) is 3.84. The van der Waals surface area contributed by atoms with Crippen molar-refractivity contribution in [1.82, 2.24) is 10.1 Å². The zero-order valence-electron chi connectivity index (χ0n) is 7.39. The van der Waals surface area contributed by atoms with Crippen LogP contribution in [0.1, 0.15) is 24.6 Å². The molecule has 5 heteroatoms. The first kappa shape index (κ1) is 9.44. The Morgan fingerprint density at radius 3 is 2.85 bits per heavy atom. The van der Waals surface area contributed by atoms with Crippen molar-refractivity contribution in [3.63, 3.8) is 0 Å². The molecule has 0 aliphatic heterocycles. The van der Waals surface area contributed by atoms with Crippen LogP contribution in [0.5, 0.6) is 0 Å². The van der Waals surface area contributed by atoms with E-state index in [0.29, 0.717) is 11.7 Å². The van der Waals surface area contributed by atoms with Gasteiger partial charge in [0, 0.05) is 18.9 Å². The Balaban J connectivity index is 2.68. The van der Waals surface area contributed by atoms with Gasteiger partial charge >= 0.3 is 5.97 Å². The number of aryl methyl sites for hydroxylation is 1. The average Bonchev–Trinajstić information content (AvgIpc) is 2.47. The van der Waals surface area contributed by atoms with Crippen LogP contribution in [0.15, 0.2) is 16.7 Å². The molecule has 0 saturated carbocycles. The van der Waals surface area contributed by atoms with Crippen LogP contribution in [-0.2, 0) is 4.79 Å². The SMILES string of the molecule is Cc1nc(C(C)/C=C\C(=O)O)no1. The highest BCUT2D eigenvalue weighted by Gasteiger charge is 2.08. The molecule has 1 N–H and O–H groups in total. The van der Waals surface area contributed by atoms with Gasteiger partial charge in [0.25, 0.3) is 0 Å². The molecule has 0 spiro atoms. The van der Waals surface area contributed by atoms with E-state index in [1.807, 2.05) is 0 Å². The molecule has 1 aromatic rings. The molecule has 1 atom stereocenters. The van der Waals surface area contributed by atoms with Crippen LogP contribution in [0.2, 0.25) is 0 Å². The maximum Gasteiger partial charge on any atom is 0.327 e. The molecule has 1 aromatic heterocycles. The molecular formula is C8H10N2O3. The Bertz CT molecular complexity index is 330. The van der Waals surface area contributed by atoms with Gasteiger partial charge in [0.2, 0.25) is 5.89 Å². The molecule has 0 aromatic carbocycles. The summed E-state index contributed by atoms with van der Waals surface area (Å²) in [5, 5.41) is 12.0. The van der Waals surface area contributed by atoms with Crippen molar-refractivity contribution >= 4 is 5.97 Å². The van der Waals surface area contributed by atoms with Crippen LogP contribution in [0.3, 0.4) is 0 Å². The number of allylic oxidation sites excluding steroid dienone is 1. The Labute approximate surface area is 75.1 Å². The topological polar surface area (TPSA) is 76.2 Å². The smallest absolute Gasteiger partial charge is 0.327 e. The summed E-state index contributed by atoms with van der Waals surface area (Å²) in [5.74, 6) is -0.152. The number of hydrogen-bond acceptors (Lipinski definition) is 4. The Morgan fingerprint density at radius 2 is 2.38 bits per heavy atom. The lowest BCUT2D eigenvalue weighted by atomic mass is 10.1. The minimum absolute atomic E-state index is 0.145. The first-order valence-electron chi connectivity index (χ1n) is 3.81. The van der Waals surface area contributed by atoms with E-state index in [4.69, 9.17) is 9.63 Å². The van der Waals surface area contributed by atoms with Gasteiger partial charge in [-0.15, -0.1) is 0 Å². The van der Waals surface area contributed by atoms with E-state index in [0.717, 1.165) is 6.08 Å². The third-order valence-electron chi connectivity index (χ3n) is 1.48. The fourth-order valence-electron chi connectivity index (χ4n) is 0.813. The van der Waals surface area contributed by atoms with Crippen LogP contribution in [0.25, 0.3) is 0 Å². The van der Waals surface area contributed by atoms with Crippen LogP contribution in [0, 0.1) is 6.92 Å². The molecule has 0 amide bonds. The molecule has 1 heterocycles. The standard InChI is InChI=1S/C8H10N2O3/c1-5(3-4-7(11)12)8-9-6(2)13-10-8/h3-5H,1-2H3,(H,11,12)/b4-3-. The number of carbonyl (C=O) groups is 1. The van der Waals surface area contributed by atoms with Crippen molar-refractivity contribution in [2.75, 3.05) is 0 Å². The van der Waals surface area contributed by atoms with Crippen molar-refractivity contribution in [2.45, 2.75) is 19.8 Å². The van der Waals surface area contributed by atoms with Crippen LogP contribution < -0.4 is 0 Å². The van der Waals surface area contributed by atoms with E-state index in [1.165, 1.54) is 6.08 Å². The van der Waals surface area contributed by atoms with E-state index < -0.39 is 5.97 Å². The molecule has 0 radical (unpaired) electrons. The van der Waals surface area contributed by atoms with Gasteiger partial charge in [0.05, 0.1) is 0 Å². The van der Waals surface area contributed by atoms with Crippen molar-refractivity contribution < 1.29 is 14.4 Å². The van der Waals surface area contributed by atoms with Gasteiger partial charge in [-0.25, -0.2) is 4.79 Å². The molecule has 5 nitrogen and oxygen atoms in total. The lowest BCUT2D eigenvalue weighted by Crippen LogP contribution is -1.94. The highest BCUT2D eigenvalue weighted by atomic mass is 16.5. The van der Waals surface area contributed by atoms with E-state index >= 15 is 0 Å². The summed E-state index contributed by atoms with van der Waals surface area (Å²) >= 11 is 0. The summed E-state index contributed by atoms with van der Waals surface area (Å²) in [6, 6.07) is 0. The molecule has 0 saturated heterocycles. The maximum atomic E-state index is 10.2. The normalized spacial score (nSPS) is 13.4. The molecule has 13 heavy (non-hydrogen) atoms. The van der Waals surface area contributed by atoms with Gasteiger partial charge in [0.1, 0.15) is 0 Å². The zero-order valence-corrected chi connectivity index (χ0v) is 7.39. The van der Waals surface area contributed by atoms with Crippen LogP contribution >= 0.6 is 0 Å². The van der Waals surface area contributed by atoms with E-state index in [1.54, 1.807) is 13.8 Å². The number of aromatic nitrogens is 2. The van der Waals surface area contributed by atoms with E-state index in [-0.39, 0.29) is 5.92 Å². The molecule has 0 aliphatic carbocycles. The summed E-state index contributed by atoms with van der Waals surface area (Å²) in [5.41, 5.74) is 0. The fraction of sp³-hybridized carbons (Fsp3) is 0.375. The lowest BCUT2D eigenvalue weighted by molar-refractivity contribution is -0.131. The largest absolute Gasteiger partial charge is 0.478 e. The monoisotopic (exact) mass is 182 g/mol. The highest BCUT2D eigenvalue weighted by molar-refractivity contribution is 5.79. The summed E-state index contributed by atoms with van der Waals surface area (Å²) < 4.78 is 4.75. The highest BCUT2D eigenvalue weighted by Crippen LogP contribution is 2.11. The molecular weight excluding hydrogens is 172 g/mol. The second-order valence-corrected chi connectivity index (χ2v) is 2.66. The number of rotatable bonds is 3. The minimum atomic E-state index is -0.980.